The molecule has 0 radical (unpaired) electrons. The number of aromatic hydroxyl groups is 1. The quantitative estimate of drug-likeness (QED) is 0.902. The summed E-state index contributed by atoms with van der Waals surface area (Å²) >= 11 is 0. The van der Waals surface area contributed by atoms with E-state index in [1.807, 2.05) is 30.3 Å². The number of benzene rings is 2. The van der Waals surface area contributed by atoms with Gasteiger partial charge < -0.3 is 15.2 Å². The minimum absolute atomic E-state index is 0.00276. The van der Waals surface area contributed by atoms with Crippen LogP contribution in [0.15, 0.2) is 48.5 Å². The molecule has 0 aliphatic rings. The second-order valence-electron chi connectivity index (χ2n) is 4.16. The lowest BCUT2D eigenvalue weighted by atomic mass is 10.2. The molecule has 0 aromatic heterocycles. The Morgan fingerprint density at radius 1 is 1.15 bits per heavy atom. The lowest BCUT2D eigenvalue weighted by Gasteiger charge is -2.08. The molecule has 2 N–H and O–H groups in total. The van der Waals surface area contributed by atoms with Crippen molar-refractivity contribution >= 4 is 6.09 Å². The molecule has 0 fully saturated rings. The number of phenolic OH excluding ortho intramolecular Hbond substituents is 1. The Kier molecular flexibility index (Phi) is 4.55. The summed E-state index contributed by atoms with van der Waals surface area (Å²) in [6.07, 6.45) is -0.627. The molecule has 0 saturated carbocycles. The fraction of sp³-hybridized carbons (Fsp3) is 0.133. The summed E-state index contributed by atoms with van der Waals surface area (Å²) in [4.78, 5) is 11.5. The van der Waals surface area contributed by atoms with Crippen LogP contribution in [-0.2, 0) is 17.9 Å². The van der Waals surface area contributed by atoms with E-state index in [2.05, 4.69) is 5.32 Å². The Bertz CT molecular complexity index is 587. The number of amides is 1. The summed E-state index contributed by atoms with van der Waals surface area (Å²) in [5.74, 6) is -1.18. The van der Waals surface area contributed by atoms with E-state index in [-0.39, 0.29) is 13.2 Å². The molecule has 2 rings (SSSR count). The highest BCUT2D eigenvalue weighted by molar-refractivity contribution is 5.67. The van der Waals surface area contributed by atoms with E-state index in [4.69, 9.17) is 4.74 Å². The molecule has 5 heteroatoms. The number of rotatable bonds is 4. The Hall–Kier alpha value is -2.56. The fourth-order valence-corrected chi connectivity index (χ4v) is 1.64. The van der Waals surface area contributed by atoms with Gasteiger partial charge in [0.25, 0.3) is 0 Å². The van der Waals surface area contributed by atoms with Gasteiger partial charge >= 0.3 is 6.09 Å². The zero-order chi connectivity index (χ0) is 14.4. The van der Waals surface area contributed by atoms with E-state index in [9.17, 15) is 14.3 Å². The van der Waals surface area contributed by atoms with E-state index >= 15 is 0 Å². The van der Waals surface area contributed by atoms with E-state index in [0.29, 0.717) is 5.56 Å². The Balaban J connectivity index is 1.82. The lowest BCUT2D eigenvalue weighted by molar-refractivity contribution is 0.139. The maximum Gasteiger partial charge on any atom is 0.407 e. The monoisotopic (exact) mass is 275 g/mol. The third-order valence-corrected chi connectivity index (χ3v) is 2.71. The molecule has 0 aliphatic carbocycles. The average Bonchev–Trinajstić information content (AvgIpc) is 2.48. The average molecular weight is 275 g/mol. The molecule has 2 aromatic carbocycles. The van der Waals surface area contributed by atoms with Crippen LogP contribution >= 0.6 is 0 Å². The summed E-state index contributed by atoms with van der Waals surface area (Å²) in [5.41, 5.74) is 1.16. The molecular weight excluding hydrogens is 261 g/mol. The van der Waals surface area contributed by atoms with Gasteiger partial charge in [0.05, 0.1) is 0 Å². The summed E-state index contributed by atoms with van der Waals surface area (Å²) in [5, 5.41) is 11.9. The molecule has 104 valence electrons. The minimum Gasteiger partial charge on any atom is -0.505 e. The first-order valence-electron chi connectivity index (χ1n) is 6.07. The van der Waals surface area contributed by atoms with Gasteiger partial charge in [-0.15, -0.1) is 0 Å². The predicted molar refractivity (Wildman–Crippen MR) is 71.5 cm³/mol. The van der Waals surface area contributed by atoms with Crippen molar-refractivity contribution < 1.29 is 19.0 Å². The van der Waals surface area contributed by atoms with Crippen molar-refractivity contribution in [2.45, 2.75) is 13.2 Å². The van der Waals surface area contributed by atoms with E-state index < -0.39 is 17.7 Å². The molecule has 0 bridgehead atoms. The maximum absolute atomic E-state index is 13.1. The maximum atomic E-state index is 13.1. The molecule has 20 heavy (non-hydrogen) atoms. The van der Waals surface area contributed by atoms with Crippen LogP contribution in [0.25, 0.3) is 0 Å². The second kappa shape index (κ2) is 6.56. The van der Waals surface area contributed by atoms with Gasteiger partial charge in [0.15, 0.2) is 11.6 Å². The standard InChI is InChI=1S/C15H14FNO3/c16-13-8-4-7-12(14(13)18)9-17-15(19)20-10-11-5-2-1-3-6-11/h1-8,18H,9-10H2,(H,17,19). The molecule has 0 spiro atoms. The van der Waals surface area contributed by atoms with Crippen molar-refractivity contribution in [3.05, 3.63) is 65.5 Å². The predicted octanol–water partition coefficient (Wildman–Crippen LogP) is 2.96. The van der Waals surface area contributed by atoms with E-state index in [0.717, 1.165) is 11.6 Å². The third kappa shape index (κ3) is 3.71. The van der Waals surface area contributed by atoms with Gasteiger partial charge in [0.1, 0.15) is 6.61 Å². The largest absolute Gasteiger partial charge is 0.505 e. The summed E-state index contributed by atoms with van der Waals surface area (Å²) in [7, 11) is 0. The number of hydrogen-bond acceptors (Lipinski definition) is 3. The first-order valence-corrected chi connectivity index (χ1v) is 6.07. The van der Waals surface area contributed by atoms with Crippen molar-refractivity contribution in [3.63, 3.8) is 0 Å². The van der Waals surface area contributed by atoms with Crippen molar-refractivity contribution in [1.82, 2.24) is 5.32 Å². The van der Waals surface area contributed by atoms with E-state index in [1.165, 1.54) is 12.1 Å². The smallest absolute Gasteiger partial charge is 0.407 e. The van der Waals surface area contributed by atoms with Crippen molar-refractivity contribution in [1.29, 1.82) is 0 Å². The molecule has 0 unspecified atom stereocenters. The van der Waals surface area contributed by atoms with Gasteiger partial charge in [-0.2, -0.15) is 0 Å². The first kappa shape index (κ1) is 13.9. The molecule has 0 heterocycles. The van der Waals surface area contributed by atoms with Crippen LogP contribution in [0.5, 0.6) is 5.75 Å². The number of nitrogens with one attached hydrogen (secondary N) is 1. The molecule has 2 aromatic rings. The fourth-order valence-electron chi connectivity index (χ4n) is 1.64. The van der Waals surface area contributed by atoms with Crippen molar-refractivity contribution in [2.24, 2.45) is 0 Å². The lowest BCUT2D eigenvalue weighted by Crippen LogP contribution is -2.23. The molecule has 0 atom stereocenters. The molecular formula is C15H14FNO3. The SMILES string of the molecule is O=C(NCc1cccc(F)c1O)OCc1ccccc1. The van der Waals surface area contributed by atoms with Crippen LogP contribution < -0.4 is 5.32 Å². The Morgan fingerprint density at radius 2 is 1.90 bits per heavy atom. The van der Waals surface area contributed by atoms with Gasteiger partial charge in [0, 0.05) is 12.1 Å². The number of phenols is 1. The highest BCUT2D eigenvalue weighted by Gasteiger charge is 2.08. The second-order valence-corrected chi connectivity index (χ2v) is 4.16. The number of carbonyl (C=O) groups is 1. The normalized spacial score (nSPS) is 10.1. The highest BCUT2D eigenvalue weighted by atomic mass is 19.1. The number of alkyl carbamates (subject to hydrolysis) is 1. The van der Waals surface area contributed by atoms with Crippen molar-refractivity contribution in [3.8, 4) is 5.75 Å². The molecule has 4 nitrogen and oxygen atoms in total. The van der Waals surface area contributed by atoms with Crippen LogP contribution in [-0.4, -0.2) is 11.2 Å². The Labute approximate surface area is 115 Å². The number of carbonyl (C=O) groups excluding carboxylic acids is 1. The van der Waals surface area contributed by atoms with E-state index in [1.54, 1.807) is 0 Å². The van der Waals surface area contributed by atoms with Gasteiger partial charge in [-0.3, -0.25) is 0 Å². The summed E-state index contributed by atoms with van der Waals surface area (Å²) in [6.45, 7) is 0.152. The highest BCUT2D eigenvalue weighted by Crippen LogP contribution is 2.20. The van der Waals surface area contributed by atoms with Gasteiger partial charge in [-0.1, -0.05) is 42.5 Å². The van der Waals surface area contributed by atoms with Crippen LogP contribution in [0.1, 0.15) is 11.1 Å². The molecule has 0 saturated heterocycles. The number of para-hydroxylation sites is 1. The van der Waals surface area contributed by atoms with Crippen molar-refractivity contribution in [2.75, 3.05) is 0 Å². The van der Waals surface area contributed by atoms with Gasteiger partial charge in [-0.25, -0.2) is 9.18 Å². The van der Waals surface area contributed by atoms with Crippen LogP contribution in [0.3, 0.4) is 0 Å². The summed E-state index contributed by atoms with van der Waals surface area (Å²) < 4.78 is 18.1. The molecule has 1 amide bonds. The summed E-state index contributed by atoms with van der Waals surface area (Å²) in [6, 6.07) is 13.4. The Morgan fingerprint density at radius 3 is 2.65 bits per heavy atom. The third-order valence-electron chi connectivity index (χ3n) is 2.71. The zero-order valence-electron chi connectivity index (χ0n) is 10.7. The van der Waals surface area contributed by atoms with Crippen LogP contribution in [0.4, 0.5) is 9.18 Å². The van der Waals surface area contributed by atoms with Gasteiger partial charge in [0.2, 0.25) is 0 Å². The van der Waals surface area contributed by atoms with Crippen LogP contribution in [0.2, 0.25) is 0 Å². The minimum atomic E-state index is -0.720. The van der Waals surface area contributed by atoms with Gasteiger partial charge in [-0.05, 0) is 11.6 Å². The number of halogens is 1. The van der Waals surface area contributed by atoms with Crippen LogP contribution in [0, 0.1) is 5.82 Å². The number of ether oxygens (including phenoxy) is 1. The topological polar surface area (TPSA) is 58.6 Å². The molecule has 0 aliphatic heterocycles. The number of hydrogen-bond donors (Lipinski definition) is 2. The zero-order valence-corrected chi connectivity index (χ0v) is 10.7. The first-order chi connectivity index (χ1) is 9.66.